The molecule has 0 aromatic heterocycles. The largest absolute Gasteiger partial charge is 0.478 e. The average molecular weight is 419 g/mol. The van der Waals surface area contributed by atoms with Gasteiger partial charge in [0.25, 0.3) is 0 Å². The van der Waals surface area contributed by atoms with E-state index in [4.69, 9.17) is 27.5 Å². The maximum atomic E-state index is 11.8. The molecule has 7 nitrogen and oxygen atoms in total. The summed E-state index contributed by atoms with van der Waals surface area (Å²) in [5.74, 6) is -2.71. The molecule has 0 aliphatic heterocycles. The lowest BCUT2D eigenvalue weighted by Gasteiger charge is -2.32. The molecule has 0 fully saturated rings. The topological polar surface area (TPSA) is 130 Å². The number of carboxylic acid groups (broad SMARTS) is 2. The second-order valence-corrected chi connectivity index (χ2v) is 6.64. The van der Waals surface area contributed by atoms with E-state index in [2.05, 4.69) is 5.32 Å². The molecule has 29 heavy (non-hydrogen) atoms. The normalized spacial score (nSPS) is 12.4. The van der Waals surface area contributed by atoms with Crippen molar-refractivity contribution < 1.29 is 24.6 Å². The lowest BCUT2D eigenvalue weighted by molar-refractivity contribution is -0.134. The summed E-state index contributed by atoms with van der Waals surface area (Å²) in [5.41, 5.74) is 6.85. The Labute approximate surface area is 173 Å². The zero-order valence-corrected chi connectivity index (χ0v) is 16.6. The molecule has 1 atom stereocenters. The molecule has 0 aliphatic rings. The van der Waals surface area contributed by atoms with Gasteiger partial charge in [-0.3, -0.25) is 4.79 Å². The molecule has 0 heterocycles. The summed E-state index contributed by atoms with van der Waals surface area (Å²) in [6.45, 7) is 1.92. The second kappa shape index (κ2) is 11.6. The van der Waals surface area contributed by atoms with Gasteiger partial charge in [-0.05, 0) is 30.5 Å². The van der Waals surface area contributed by atoms with Crippen molar-refractivity contribution in [2.75, 3.05) is 6.54 Å². The van der Waals surface area contributed by atoms with Gasteiger partial charge in [0.2, 0.25) is 5.91 Å². The first-order valence-electron chi connectivity index (χ1n) is 8.62. The van der Waals surface area contributed by atoms with Gasteiger partial charge in [-0.15, -0.1) is 0 Å². The number of hydrogen-bond acceptors (Lipinski definition) is 4. The number of carboxylic acids is 2. The monoisotopic (exact) mass is 418 g/mol. The third-order valence-electron chi connectivity index (χ3n) is 3.84. The minimum Gasteiger partial charge on any atom is -0.478 e. The summed E-state index contributed by atoms with van der Waals surface area (Å²) in [5, 5.41) is 19.3. The van der Waals surface area contributed by atoms with Crippen molar-refractivity contribution in [1.29, 1.82) is 0 Å². The van der Waals surface area contributed by atoms with Crippen LogP contribution in [0.5, 0.6) is 0 Å². The summed E-state index contributed by atoms with van der Waals surface area (Å²) < 4.78 is 0. The maximum Gasteiger partial charge on any atom is 0.328 e. The third-order valence-corrected chi connectivity index (χ3v) is 4.17. The Hall–Kier alpha value is -3.16. The minimum absolute atomic E-state index is 0.0468. The number of carbonyl (C=O) groups is 3. The maximum absolute atomic E-state index is 11.8. The van der Waals surface area contributed by atoms with E-state index in [-0.39, 0.29) is 12.5 Å². The number of hydrogen-bond donors (Lipinski definition) is 4. The molecule has 8 heteroatoms. The molecule has 2 aromatic rings. The Balaban J connectivity index is 0.000000447. The van der Waals surface area contributed by atoms with Crippen LogP contribution in [0, 0.1) is 0 Å². The van der Waals surface area contributed by atoms with Gasteiger partial charge in [0.15, 0.2) is 0 Å². The standard InChI is InChI=1S/C17H19ClN2O.C4H4O4/c1-17(20-16(21)12-19,11-13-7-3-2-4-8-13)14-9-5-6-10-15(14)18;5-3(6)1-2-4(7)8/h2-10H,11-12,19H2,1H3,(H,20,21);1-2H,(H,5,6)(H,7,8). The van der Waals surface area contributed by atoms with E-state index in [1.807, 2.05) is 61.5 Å². The molecule has 2 aromatic carbocycles. The number of nitrogens with two attached hydrogens (primary N) is 1. The van der Waals surface area contributed by atoms with Crippen molar-refractivity contribution in [3.8, 4) is 0 Å². The average Bonchev–Trinajstić information content (AvgIpc) is 2.67. The van der Waals surface area contributed by atoms with Gasteiger partial charge in [0, 0.05) is 17.2 Å². The van der Waals surface area contributed by atoms with E-state index in [9.17, 15) is 14.4 Å². The van der Waals surface area contributed by atoms with Crippen LogP contribution in [0.3, 0.4) is 0 Å². The lowest BCUT2D eigenvalue weighted by atomic mass is 9.85. The fourth-order valence-corrected chi connectivity index (χ4v) is 2.97. The summed E-state index contributed by atoms with van der Waals surface area (Å²) in [7, 11) is 0. The number of benzene rings is 2. The quantitative estimate of drug-likeness (QED) is 0.511. The highest BCUT2D eigenvalue weighted by molar-refractivity contribution is 6.31. The van der Waals surface area contributed by atoms with Crippen LogP contribution in [0.1, 0.15) is 18.1 Å². The van der Waals surface area contributed by atoms with Crippen LogP contribution in [0.4, 0.5) is 0 Å². The Morgan fingerprint density at radius 3 is 2.00 bits per heavy atom. The highest BCUT2D eigenvalue weighted by Crippen LogP contribution is 2.31. The molecule has 0 saturated heterocycles. The van der Waals surface area contributed by atoms with Crippen molar-refractivity contribution in [1.82, 2.24) is 5.32 Å². The number of amides is 1. The van der Waals surface area contributed by atoms with E-state index < -0.39 is 17.5 Å². The van der Waals surface area contributed by atoms with E-state index in [1.165, 1.54) is 0 Å². The minimum atomic E-state index is -1.26. The highest BCUT2D eigenvalue weighted by Gasteiger charge is 2.30. The van der Waals surface area contributed by atoms with Crippen molar-refractivity contribution >= 4 is 29.4 Å². The lowest BCUT2D eigenvalue weighted by Crippen LogP contribution is -2.47. The molecular formula is C21H23ClN2O5. The Morgan fingerprint density at radius 2 is 1.52 bits per heavy atom. The first-order valence-corrected chi connectivity index (χ1v) is 8.99. The molecule has 0 spiro atoms. The fraction of sp³-hybridized carbons (Fsp3) is 0.190. The summed E-state index contributed by atoms with van der Waals surface area (Å²) in [6, 6.07) is 17.5. The Morgan fingerprint density at radius 1 is 1.00 bits per heavy atom. The van der Waals surface area contributed by atoms with Crippen molar-refractivity contribution in [3.63, 3.8) is 0 Å². The second-order valence-electron chi connectivity index (χ2n) is 6.24. The number of aliphatic carboxylic acids is 2. The van der Waals surface area contributed by atoms with Gasteiger partial charge < -0.3 is 21.3 Å². The van der Waals surface area contributed by atoms with Crippen molar-refractivity contribution in [2.24, 2.45) is 5.73 Å². The zero-order chi connectivity index (χ0) is 21.9. The molecule has 0 radical (unpaired) electrons. The summed E-state index contributed by atoms with van der Waals surface area (Å²) in [6.07, 6.45) is 1.76. The van der Waals surface area contributed by atoms with Crippen LogP contribution in [0.2, 0.25) is 5.02 Å². The van der Waals surface area contributed by atoms with Gasteiger partial charge in [-0.2, -0.15) is 0 Å². The first kappa shape index (κ1) is 23.9. The first-order chi connectivity index (χ1) is 13.7. The predicted molar refractivity (Wildman–Crippen MR) is 111 cm³/mol. The number of carbonyl (C=O) groups excluding carboxylic acids is 1. The van der Waals surface area contributed by atoms with Crippen LogP contribution in [0.15, 0.2) is 66.7 Å². The summed E-state index contributed by atoms with van der Waals surface area (Å²) >= 11 is 6.32. The van der Waals surface area contributed by atoms with E-state index in [0.29, 0.717) is 23.6 Å². The smallest absolute Gasteiger partial charge is 0.328 e. The van der Waals surface area contributed by atoms with E-state index >= 15 is 0 Å². The number of halogens is 1. The molecule has 2 rings (SSSR count). The Kier molecular flexibility index (Phi) is 9.58. The predicted octanol–water partition coefficient (Wildman–Crippen LogP) is 2.58. The van der Waals surface area contributed by atoms with E-state index in [1.54, 1.807) is 0 Å². The number of rotatable bonds is 7. The van der Waals surface area contributed by atoms with Gasteiger partial charge in [-0.1, -0.05) is 60.1 Å². The molecule has 154 valence electrons. The molecule has 1 unspecified atom stereocenters. The van der Waals surface area contributed by atoms with Crippen LogP contribution in [-0.2, 0) is 26.3 Å². The molecule has 1 amide bonds. The van der Waals surface area contributed by atoms with Gasteiger partial charge >= 0.3 is 11.9 Å². The molecule has 5 N–H and O–H groups in total. The van der Waals surface area contributed by atoms with Crippen LogP contribution in [0.25, 0.3) is 0 Å². The third kappa shape index (κ3) is 8.59. The van der Waals surface area contributed by atoms with Crippen LogP contribution < -0.4 is 11.1 Å². The van der Waals surface area contributed by atoms with Gasteiger partial charge in [-0.25, -0.2) is 9.59 Å². The highest BCUT2D eigenvalue weighted by atomic mass is 35.5. The zero-order valence-electron chi connectivity index (χ0n) is 15.8. The van der Waals surface area contributed by atoms with E-state index in [0.717, 1.165) is 11.1 Å². The number of nitrogens with one attached hydrogen (secondary N) is 1. The molecule has 0 aliphatic carbocycles. The molecule has 0 bridgehead atoms. The Bertz CT molecular complexity index is 854. The van der Waals surface area contributed by atoms with Crippen LogP contribution in [-0.4, -0.2) is 34.6 Å². The van der Waals surface area contributed by atoms with Gasteiger partial charge in [0.1, 0.15) is 0 Å². The summed E-state index contributed by atoms with van der Waals surface area (Å²) in [4.78, 5) is 30.9. The van der Waals surface area contributed by atoms with Crippen molar-refractivity contribution in [2.45, 2.75) is 18.9 Å². The van der Waals surface area contributed by atoms with Crippen molar-refractivity contribution in [3.05, 3.63) is 82.9 Å². The SMILES string of the molecule is CC(Cc1ccccc1)(NC(=O)CN)c1ccccc1Cl.O=C(O)C=CC(=O)O. The molecule has 0 saturated carbocycles. The van der Waals surface area contributed by atoms with Crippen LogP contribution >= 0.6 is 11.6 Å². The van der Waals surface area contributed by atoms with Gasteiger partial charge in [0.05, 0.1) is 12.1 Å². The fourth-order valence-electron chi connectivity index (χ4n) is 2.62. The molecular weight excluding hydrogens is 396 g/mol.